The van der Waals surface area contributed by atoms with E-state index in [-0.39, 0.29) is 12.3 Å². The zero-order chi connectivity index (χ0) is 16.1. The molecule has 0 unspecified atom stereocenters. The number of amides is 1. The van der Waals surface area contributed by atoms with Crippen LogP contribution in [0.15, 0.2) is 36.9 Å². The number of H-pyrrole nitrogens is 1. The molecule has 0 fully saturated rings. The van der Waals surface area contributed by atoms with Gasteiger partial charge in [0.1, 0.15) is 17.6 Å². The first kappa shape index (κ1) is 14.8. The van der Waals surface area contributed by atoms with Crippen molar-refractivity contribution in [1.82, 2.24) is 19.9 Å². The maximum Gasteiger partial charge on any atom is 0.226 e. The van der Waals surface area contributed by atoms with E-state index < -0.39 is 0 Å². The molecular formula is C15H16N6O2. The summed E-state index contributed by atoms with van der Waals surface area (Å²) in [5, 5.41) is 5.93. The molecule has 0 aliphatic rings. The Morgan fingerprint density at radius 3 is 3.00 bits per heavy atom. The van der Waals surface area contributed by atoms with Gasteiger partial charge in [-0.2, -0.15) is 0 Å². The van der Waals surface area contributed by atoms with E-state index in [0.717, 1.165) is 5.52 Å². The number of nitrogens with zero attached hydrogens (tertiary/aromatic N) is 3. The quantitative estimate of drug-likeness (QED) is 0.641. The first-order chi connectivity index (χ1) is 11.3. The number of rotatable bonds is 6. The fraction of sp³-hybridized carbons (Fsp3) is 0.200. The van der Waals surface area contributed by atoms with Gasteiger partial charge in [0, 0.05) is 13.0 Å². The lowest BCUT2D eigenvalue weighted by atomic mass is 10.2. The van der Waals surface area contributed by atoms with Gasteiger partial charge in [-0.25, -0.2) is 15.0 Å². The van der Waals surface area contributed by atoms with Crippen LogP contribution < -0.4 is 15.4 Å². The fourth-order valence-corrected chi connectivity index (χ4v) is 2.15. The molecule has 0 spiro atoms. The molecule has 8 heteroatoms. The standard InChI is InChI=1S/C15H16N6O2/c1-23-11-5-3-2-4-10(11)21-12(22)6-7-16-14-13-15(18-8-17-13)20-9-19-14/h2-5,8-9H,6-7H2,1H3,(H,21,22)(H2,16,17,18,19,20). The van der Waals surface area contributed by atoms with Gasteiger partial charge in [0.05, 0.1) is 19.1 Å². The molecule has 2 heterocycles. The van der Waals surface area contributed by atoms with Gasteiger partial charge >= 0.3 is 0 Å². The average molecular weight is 312 g/mol. The van der Waals surface area contributed by atoms with Gasteiger partial charge in [-0.05, 0) is 12.1 Å². The number of hydrogen-bond donors (Lipinski definition) is 3. The summed E-state index contributed by atoms with van der Waals surface area (Å²) < 4.78 is 5.20. The van der Waals surface area contributed by atoms with E-state index in [4.69, 9.17) is 4.74 Å². The minimum Gasteiger partial charge on any atom is -0.495 e. The second-order valence-electron chi connectivity index (χ2n) is 4.75. The predicted molar refractivity (Wildman–Crippen MR) is 86.4 cm³/mol. The number of aromatic nitrogens is 4. The summed E-state index contributed by atoms with van der Waals surface area (Å²) in [7, 11) is 1.57. The lowest BCUT2D eigenvalue weighted by Crippen LogP contribution is -2.17. The van der Waals surface area contributed by atoms with Crippen molar-refractivity contribution in [2.24, 2.45) is 0 Å². The number of carbonyl (C=O) groups excluding carboxylic acids is 1. The van der Waals surface area contributed by atoms with E-state index in [1.807, 2.05) is 12.1 Å². The molecule has 0 atom stereocenters. The lowest BCUT2D eigenvalue weighted by Gasteiger charge is -2.10. The van der Waals surface area contributed by atoms with Crippen LogP contribution in [0, 0.1) is 0 Å². The Hall–Kier alpha value is -3.16. The average Bonchev–Trinajstić information content (AvgIpc) is 3.05. The first-order valence-corrected chi connectivity index (χ1v) is 7.09. The van der Waals surface area contributed by atoms with E-state index in [0.29, 0.717) is 29.4 Å². The number of carbonyl (C=O) groups is 1. The third kappa shape index (κ3) is 3.37. The minimum absolute atomic E-state index is 0.114. The van der Waals surface area contributed by atoms with Crippen molar-refractivity contribution in [3.8, 4) is 5.75 Å². The molecule has 23 heavy (non-hydrogen) atoms. The van der Waals surface area contributed by atoms with Crippen molar-refractivity contribution < 1.29 is 9.53 Å². The van der Waals surface area contributed by atoms with Crippen molar-refractivity contribution in [1.29, 1.82) is 0 Å². The molecule has 1 amide bonds. The van der Waals surface area contributed by atoms with E-state index in [2.05, 4.69) is 30.6 Å². The second kappa shape index (κ2) is 6.73. The summed E-state index contributed by atoms with van der Waals surface area (Å²) in [6.45, 7) is 0.437. The third-order valence-electron chi connectivity index (χ3n) is 3.25. The number of para-hydroxylation sites is 2. The zero-order valence-corrected chi connectivity index (χ0v) is 12.5. The summed E-state index contributed by atoms with van der Waals surface area (Å²) in [5.74, 6) is 1.14. The number of anilines is 2. The van der Waals surface area contributed by atoms with E-state index >= 15 is 0 Å². The molecule has 1 aromatic carbocycles. The molecule has 118 valence electrons. The molecule has 0 saturated carbocycles. The largest absolute Gasteiger partial charge is 0.495 e. The smallest absolute Gasteiger partial charge is 0.226 e. The summed E-state index contributed by atoms with van der Waals surface area (Å²) in [6.07, 6.45) is 3.27. The van der Waals surface area contributed by atoms with Gasteiger partial charge in [-0.1, -0.05) is 12.1 Å². The molecular weight excluding hydrogens is 296 g/mol. The molecule has 0 aliphatic carbocycles. The molecule has 3 rings (SSSR count). The van der Waals surface area contributed by atoms with Crippen LogP contribution in [-0.4, -0.2) is 39.5 Å². The zero-order valence-electron chi connectivity index (χ0n) is 12.5. The van der Waals surface area contributed by atoms with Gasteiger partial charge in [0.15, 0.2) is 11.5 Å². The van der Waals surface area contributed by atoms with Crippen LogP contribution in [0.3, 0.4) is 0 Å². The van der Waals surface area contributed by atoms with Crippen LogP contribution >= 0.6 is 0 Å². The highest BCUT2D eigenvalue weighted by Gasteiger charge is 2.08. The fourth-order valence-electron chi connectivity index (χ4n) is 2.15. The Bertz CT molecular complexity index is 816. The highest BCUT2D eigenvalue weighted by atomic mass is 16.5. The maximum atomic E-state index is 12.0. The van der Waals surface area contributed by atoms with Crippen LogP contribution in [0.2, 0.25) is 0 Å². The Kier molecular flexibility index (Phi) is 4.32. The summed E-state index contributed by atoms with van der Waals surface area (Å²) >= 11 is 0. The number of aromatic amines is 1. The van der Waals surface area contributed by atoms with E-state index in [1.54, 1.807) is 25.6 Å². The monoisotopic (exact) mass is 312 g/mol. The molecule has 8 nitrogen and oxygen atoms in total. The number of imidazole rings is 1. The number of ether oxygens (including phenoxy) is 1. The first-order valence-electron chi connectivity index (χ1n) is 7.09. The van der Waals surface area contributed by atoms with Gasteiger partial charge in [-0.3, -0.25) is 4.79 Å². The second-order valence-corrected chi connectivity index (χ2v) is 4.75. The summed E-state index contributed by atoms with van der Waals surface area (Å²) in [4.78, 5) is 27.2. The Morgan fingerprint density at radius 1 is 1.26 bits per heavy atom. The van der Waals surface area contributed by atoms with E-state index in [1.165, 1.54) is 6.33 Å². The van der Waals surface area contributed by atoms with Crippen molar-refractivity contribution in [2.75, 3.05) is 24.3 Å². The van der Waals surface area contributed by atoms with Crippen molar-refractivity contribution >= 4 is 28.6 Å². The predicted octanol–water partition coefficient (Wildman–Crippen LogP) is 1.80. The van der Waals surface area contributed by atoms with Crippen LogP contribution in [0.1, 0.15) is 6.42 Å². The molecule has 0 saturated heterocycles. The highest BCUT2D eigenvalue weighted by Crippen LogP contribution is 2.23. The number of nitrogens with one attached hydrogen (secondary N) is 3. The lowest BCUT2D eigenvalue weighted by molar-refractivity contribution is -0.116. The van der Waals surface area contributed by atoms with Gasteiger partial charge < -0.3 is 20.4 Å². The van der Waals surface area contributed by atoms with Gasteiger partial charge in [0.2, 0.25) is 5.91 Å². The van der Waals surface area contributed by atoms with E-state index in [9.17, 15) is 4.79 Å². The molecule has 0 radical (unpaired) electrons. The molecule has 0 bridgehead atoms. The number of fused-ring (bicyclic) bond motifs is 1. The summed E-state index contributed by atoms with van der Waals surface area (Å²) in [5.41, 5.74) is 1.96. The molecule has 3 N–H and O–H groups in total. The van der Waals surface area contributed by atoms with Crippen LogP contribution in [0.4, 0.5) is 11.5 Å². The van der Waals surface area contributed by atoms with Crippen molar-refractivity contribution in [3.05, 3.63) is 36.9 Å². The molecule has 2 aromatic heterocycles. The van der Waals surface area contributed by atoms with Gasteiger partial charge in [-0.15, -0.1) is 0 Å². The number of methoxy groups -OCH3 is 1. The van der Waals surface area contributed by atoms with Crippen LogP contribution in [0.5, 0.6) is 5.75 Å². The normalized spacial score (nSPS) is 10.5. The van der Waals surface area contributed by atoms with Crippen LogP contribution in [0.25, 0.3) is 11.2 Å². The minimum atomic E-state index is -0.114. The van der Waals surface area contributed by atoms with Crippen molar-refractivity contribution in [3.63, 3.8) is 0 Å². The van der Waals surface area contributed by atoms with Crippen LogP contribution in [-0.2, 0) is 4.79 Å². The third-order valence-corrected chi connectivity index (χ3v) is 3.25. The molecule has 3 aromatic rings. The Morgan fingerprint density at radius 2 is 2.13 bits per heavy atom. The molecule has 0 aliphatic heterocycles. The Labute approximate surface area is 132 Å². The summed E-state index contributed by atoms with van der Waals surface area (Å²) in [6, 6.07) is 7.28. The highest BCUT2D eigenvalue weighted by molar-refractivity contribution is 5.92. The Balaban J connectivity index is 1.56. The number of hydrogen-bond acceptors (Lipinski definition) is 6. The van der Waals surface area contributed by atoms with Gasteiger partial charge in [0.25, 0.3) is 0 Å². The number of benzene rings is 1. The maximum absolute atomic E-state index is 12.0. The van der Waals surface area contributed by atoms with Crippen molar-refractivity contribution in [2.45, 2.75) is 6.42 Å². The SMILES string of the molecule is COc1ccccc1NC(=O)CCNc1ncnc2nc[nH]c12. The topological polar surface area (TPSA) is 105 Å².